The van der Waals surface area contributed by atoms with Crippen LogP contribution in [0.3, 0.4) is 0 Å². The molecule has 0 fully saturated rings. The normalized spacial score (nSPS) is 3.86. The average Bonchev–Trinajstić information content (AvgIpc) is 0.811. The van der Waals surface area contributed by atoms with Crippen LogP contribution in [-0.4, -0.2) is 62.9 Å². The molecule has 0 aromatic heterocycles. The Labute approximate surface area is 84.5 Å². The molecule has 0 atom stereocenters. The second-order valence-electron chi connectivity index (χ2n) is 0.346. The van der Waals surface area contributed by atoms with Gasteiger partial charge in [0.15, 0.2) is 0 Å². The fourth-order valence-corrected chi connectivity index (χ4v) is 0. The summed E-state index contributed by atoms with van der Waals surface area (Å²) in [6.07, 6.45) is 0. The van der Waals surface area contributed by atoms with E-state index in [1.807, 2.05) is 0 Å². The van der Waals surface area contributed by atoms with Gasteiger partial charge in [-0.2, -0.15) is 0 Å². The fraction of sp³-hybridized carbons (Fsp3) is 0. The first-order chi connectivity index (χ1) is 1.73. The van der Waals surface area contributed by atoms with Gasteiger partial charge >= 0.3 is 36.9 Å². The Bertz CT molecular complexity index is 19.7. The molecule has 7 heavy (non-hydrogen) atoms. The SMILES string of the molecule is OB(O)O.[Ag].[NaH].[SiH4]. The van der Waals surface area contributed by atoms with Gasteiger partial charge in [0, 0.05) is 22.4 Å². The summed E-state index contributed by atoms with van der Waals surface area (Å²) in [5, 5.41) is 21.5. The molecule has 0 aliphatic heterocycles. The molecule has 0 unspecified atom stereocenters. The molecule has 3 nitrogen and oxygen atoms in total. The molecular formula is H8AgBNaO3Si. The van der Waals surface area contributed by atoms with Crippen LogP contribution in [0.4, 0.5) is 0 Å². The molecule has 0 rings (SSSR count). The van der Waals surface area contributed by atoms with E-state index in [-0.39, 0.29) is 62.9 Å². The minimum Gasteiger partial charge on any atom is -0.0149 e. The maximum Gasteiger partial charge on any atom is -0.0149 e. The van der Waals surface area contributed by atoms with Gasteiger partial charge in [0.1, 0.15) is 0 Å². The summed E-state index contributed by atoms with van der Waals surface area (Å²) >= 11 is 0. The van der Waals surface area contributed by atoms with Crippen LogP contribution in [0.1, 0.15) is 0 Å². The Kier molecular flexibility index (Phi) is 51.8. The zero-order chi connectivity index (χ0) is 3.58. The van der Waals surface area contributed by atoms with Crippen molar-refractivity contribution >= 4 is 47.8 Å². The zero-order valence-electron chi connectivity index (χ0n) is 2.22. The molecule has 0 amide bonds. The van der Waals surface area contributed by atoms with Gasteiger partial charge in [0.25, 0.3) is 0 Å². The van der Waals surface area contributed by atoms with Crippen molar-refractivity contribution in [1.29, 1.82) is 0 Å². The van der Waals surface area contributed by atoms with Crippen molar-refractivity contribution < 1.29 is 37.5 Å². The predicted molar refractivity (Wildman–Crippen MR) is 30.9 cm³/mol. The van der Waals surface area contributed by atoms with Gasteiger partial charge < -0.3 is 15.1 Å². The monoisotopic (exact) mass is 225 g/mol. The molecule has 0 spiro atoms. The number of hydrogen-bond acceptors (Lipinski definition) is 3. The van der Waals surface area contributed by atoms with E-state index in [1.54, 1.807) is 0 Å². The molecule has 0 bridgehead atoms. The quantitative estimate of drug-likeness (QED) is 0.367. The van der Waals surface area contributed by atoms with Gasteiger partial charge in [0.2, 0.25) is 0 Å². The molecule has 0 aromatic rings. The van der Waals surface area contributed by atoms with E-state index in [9.17, 15) is 0 Å². The third-order valence-corrected chi connectivity index (χ3v) is 0. The van der Waals surface area contributed by atoms with Crippen LogP contribution in [0, 0.1) is 0 Å². The molecular weight excluding hydrogens is 218 g/mol. The first-order valence-corrected chi connectivity index (χ1v) is 0.775. The molecule has 3 N–H and O–H groups in total. The summed E-state index contributed by atoms with van der Waals surface area (Å²) in [7, 11) is -2.17. The molecule has 0 aliphatic rings. The van der Waals surface area contributed by atoms with E-state index in [2.05, 4.69) is 0 Å². The first kappa shape index (κ1) is 23.1. The molecule has 0 saturated carbocycles. The molecule has 0 heterocycles. The molecule has 0 aromatic carbocycles. The summed E-state index contributed by atoms with van der Waals surface area (Å²) in [6.45, 7) is 0. The summed E-state index contributed by atoms with van der Waals surface area (Å²) in [6, 6.07) is 0. The molecule has 7 heteroatoms. The smallest absolute Gasteiger partial charge is 0.0149 e. The summed E-state index contributed by atoms with van der Waals surface area (Å²) in [5.74, 6) is 0. The molecule has 45 valence electrons. The van der Waals surface area contributed by atoms with Crippen LogP contribution >= 0.6 is 0 Å². The third-order valence-electron chi connectivity index (χ3n) is 0. The summed E-state index contributed by atoms with van der Waals surface area (Å²) in [5.41, 5.74) is 0. The van der Waals surface area contributed by atoms with Crippen molar-refractivity contribution in [3.63, 3.8) is 0 Å². The average molecular weight is 226 g/mol. The Hall–Kier alpha value is 1.90. The second kappa shape index (κ2) is 15.7. The first-order valence-electron chi connectivity index (χ1n) is 0.775. The van der Waals surface area contributed by atoms with E-state index in [0.717, 1.165) is 0 Å². The fourth-order valence-electron chi connectivity index (χ4n) is 0. The van der Waals surface area contributed by atoms with Crippen LogP contribution in [0.2, 0.25) is 0 Å². The van der Waals surface area contributed by atoms with Crippen molar-refractivity contribution in [3.8, 4) is 0 Å². The molecule has 1 radical (unpaired) electrons. The Morgan fingerprint density at radius 2 is 1.00 bits per heavy atom. The van der Waals surface area contributed by atoms with Gasteiger partial charge in [-0.05, 0) is 11.0 Å². The number of hydrogen-bond donors (Lipinski definition) is 3. The van der Waals surface area contributed by atoms with Crippen molar-refractivity contribution in [1.82, 2.24) is 0 Å². The van der Waals surface area contributed by atoms with Crippen molar-refractivity contribution in [2.45, 2.75) is 0 Å². The zero-order valence-corrected chi connectivity index (χ0v) is 3.70. The van der Waals surface area contributed by atoms with E-state index >= 15 is 0 Å². The van der Waals surface area contributed by atoms with Crippen LogP contribution in [0.15, 0.2) is 0 Å². The van der Waals surface area contributed by atoms with Gasteiger partial charge in [-0.3, -0.25) is 0 Å². The van der Waals surface area contributed by atoms with E-state index in [4.69, 9.17) is 15.1 Å². The predicted octanol–water partition coefficient (Wildman–Crippen LogP) is -4.15. The van der Waals surface area contributed by atoms with Crippen molar-refractivity contribution in [2.75, 3.05) is 0 Å². The van der Waals surface area contributed by atoms with Crippen LogP contribution < -0.4 is 0 Å². The Morgan fingerprint density at radius 1 is 1.00 bits per heavy atom. The second-order valence-corrected chi connectivity index (χ2v) is 0.346. The van der Waals surface area contributed by atoms with Gasteiger partial charge in [-0.15, -0.1) is 0 Å². The van der Waals surface area contributed by atoms with E-state index in [1.165, 1.54) is 0 Å². The number of rotatable bonds is 0. The standard InChI is InChI=1S/Ag.BH3O3.Na.H4Si.H/c;2-1(3)4;;;/h;2-4H;;1H4;. The molecule has 0 saturated heterocycles. The van der Waals surface area contributed by atoms with Gasteiger partial charge in [-0.1, -0.05) is 0 Å². The largest absolute Gasteiger partial charge is 0.0149 e. The topological polar surface area (TPSA) is 60.7 Å². The van der Waals surface area contributed by atoms with E-state index in [0.29, 0.717) is 0 Å². The molecule has 0 aliphatic carbocycles. The minimum absolute atomic E-state index is 0. The van der Waals surface area contributed by atoms with Gasteiger partial charge in [-0.25, -0.2) is 0 Å². The van der Waals surface area contributed by atoms with Crippen molar-refractivity contribution in [3.05, 3.63) is 0 Å². The Morgan fingerprint density at radius 3 is 1.00 bits per heavy atom. The Balaban J connectivity index is -0.0000000150. The van der Waals surface area contributed by atoms with Crippen LogP contribution in [-0.2, 0) is 22.4 Å². The maximum atomic E-state index is 7.17. The third kappa shape index (κ3) is 76.1. The minimum atomic E-state index is -2.17. The van der Waals surface area contributed by atoms with Crippen molar-refractivity contribution in [2.24, 2.45) is 0 Å². The van der Waals surface area contributed by atoms with Crippen LogP contribution in [0.5, 0.6) is 0 Å². The summed E-state index contributed by atoms with van der Waals surface area (Å²) in [4.78, 5) is 0. The summed E-state index contributed by atoms with van der Waals surface area (Å²) < 4.78 is 0. The van der Waals surface area contributed by atoms with Crippen LogP contribution in [0.25, 0.3) is 0 Å². The van der Waals surface area contributed by atoms with E-state index < -0.39 is 7.32 Å². The maximum absolute atomic E-state index is 7.17. The van der Waals surface area contributed by atoms with Gasteiger partial charge in [0.05, 0.1) is 0 Å².